The Hall–Kier alpha value is -3.46. The number of nitriles is 1. The third-order valence-electron chi connectivity index (χ3n) is 5.10. The van der Waals surface area contributed by atoms with Crippen molar-refractivity contribution in [2.75, 3.05) is 0 Å². The Kier molecular flexibility index (Phi) is 6.31. The van der Waals surface area contributed by atoms with Crippen LogP contribution in [-0.4, -0.2) is 22.9 Å². The summed E-state index contributed by atoms with van der Waals surface area (Å²) in [5, 5.41) is 9.36. The molecule has 0 saturated heterocycles. The lowest BCUT2D eigenvalue weighted by Gasteiger charge is -2.35. The first-order valence-corrected chi connectivity index (χ1v) is 9.77. The van der Waals surface area contributed by atoms with E-state index in [0.29, 0.717) is 28.0 Å². The molecule has 0 spiro atoms. The second-order valence-electron chi connectivity index (χ2n) is 7.51. The summed E-state index contributed by atoms with van der Waals surface area (Å²) in [5.41, 5.74) is 2.50. The van der Waals surface area contributed by atoms with Gasteiger partial charge in [0.15, 0.2) is 0 Å². The number of ether oxygens (including phenoxy) is 1. The van der Waals surface area contributed by atoms with Crippen molar-refractivity contribution in [2.24, 2.45) is 0 Å². The Balaban J connectivity index is 2.07. The predicted octanol–water partition coefficient (Wildman–Crippen LogP) is 4.44. The van der Waals surface area contributed by atoms with Gasteiger partial charge in [0.1, 0.15) is 5.82 Å². The molecule has 0 fully saturated rings. The molecule has 30 heavy (non-hydrogen) atoms. The maximum atomic E-state index is 13.8. The van der Waals surface area contributed by atoms with Crippen LogP contribution in [0.4, 0.5) is 4.39 Å². The fraction of sp³-hybridized carbons (Fsp3) is 0.292. The van der Waals surface area contributed by atoms with E-state index in [2.05, 4.69) is 6.07 Å². The van der Waals surface area contributed by atoms with Crippen molar-refractivity contribution in [3.63, 3.8) is 0 Å². The van der Waals surface area contributed by atoms with E-state index < -0.39 is 17.7 Å². The van der Waals surface area contributed by atoms with Crippen molar-refractivity contribution in [1.29, 1.82) is 5.26 Å². The summed E-state index contributed by atoms with van der Waals surface area (Å²) < 4.78 is 19.3. The van der Waals surface area contributed by atoms with Crippen LogP contribution in [0.5, 0.6) is 0 Å². The molecule has 0 N–H and O–H groups in total. The Morgan fingerprint density at radius 3 is 2.67 bits per heavy atom. The molecule has 1 aliphatic rings. The fourth-order valence-corrected chi connectivity index (χ4v) is 3.69. The van der Waals surface area contributed by atoms with E-state index in [4.69, 9.17) is 4.74 Å². The van der Waals surface area contributed by atoms with Crippen molar-refractivity contribution in [3.8, 4) is 6.07 Å². The molecule has 0 radical (unpaired) electrons. The van der Waals surface area contributed by atoms with Crippen molar-refractivity contribution < 1.29 is 18.7 Å². The fourth-order valence-electron chi connectivity index (χ4n) is 3.69. The highest BCUT2D eigenvalue weighted by Crippen LogP contribution is 2.38. The zero-order valence-electron chi connectivity index (χ0n) is 17.2. The van der Waals surface area contributed by atoms with Crippen LogP contribution in [0.1, 0.15) is 49.8 Å². The van der Waals surface area contributed by atoms with Crippen LogP contribution >= 0.6 is 0 Å². The molecular formula is C24H23FN2O3. The third-order valence-corrected chi connectivity index (χ3v) is 5.10. The van der Waals surface area contributed by atoms with Gasteiger partial charge in [0.2, 0.25) is 5.91 Å². The number of carbonyl (C=O) groups excluding carboxylic acids is 2. The van der Waals surface area contributed by atoms with Gasteiger partial charge in [-0.25, -0.2) is 9.18 Å². The average Bonchev–Trinajstić information content (AvgIpc) is 2.70. The van der Waals surface area contributed by atoms with E-state index in [1.807, 2.05) is 0 Å². The van der Waals surface area contributed by atoms with Gasteiger partial charge in [-0.3, -0.25) is 4.79 Å². The van der Waals surface area contributed by atoms with E-state index in [1.54, 1.807) is 57.2 Å². The van der Waals surface area contributed by atoms with Crippen LogP contribution < -0.4 is 0 Å². The highest BCUT2D eigenvalue weighted by atomic mass is 19.1. The third kappa shape index (κ3) is 4.41. The summed E-state index contributed by atoms with van der Waals surface area (Å²) in [6.07, 6.45) is -0.325. The summed E-state index contributed by atoms with van der Waals surface area (Å²) in [4.78, 5) is 27.5. The molecule has 1 unspecified atom stereocenters. The summed E-state index contributed by atoms with van der Waals surface area (Å²) in [6.45, 7) is 5.36. The van der Waals surface area contributed by atoms with Crippen LogP contribution in [0.25, 0.3) is 0 Å². The van der Waals surface area contributed by atoms with E-state index in [9.17, 15) is 19.2 Å². The Bertz CT molecular complexity index is 1050. The van der Waals surface area contributed by atoms with Gasteiger partial charge in [-0.15, -0.1) is 0 Å². The lowest BCUT2D eigenvalue weighted by atomic mass is 9.83. The zero-order chi connectivity index (χ0) is 21.8. The standard InChI is InChI=1S/C24H23FN2O3/c1-15(2)30-24(29)23-16(3)27(14-19-8-5-4-7-18(19)13-26)22(28)12-21(23)17-9-6-10-20(25)11-17/h4-11,15,21H,12,14H2,1-3H3. The maximum absolute atomic E-state index is 13.8. The maximum Gasteiger partial charge on any atom is 0.336 e. The minimum atomic E-state index is -0.595. The molecule has 3 rings (SSSR count). The average molecular weight is 406 g/mol. The summed E-state index contributed by atoms with van der Waals surface area (Å²) in [6, 6.07) is 15.1. The SMILES string of the molecule is CC1=C(C(=O)OC(C)C)C(c2cccc(F)c2)CC(=O)N1Cc1ccccc1C#N. The molecule has 2 aromatic carbocycles. The number of halogens is 1. The molecule has 5 nitrogen and oxygen atoms in total. The van der Waals surface area contributed by atoms with Gasteiger partial charge in [-0.2, -0.15) is 5.26 Å². The van der Waals surface area contributed by atoms with E-state index >= 15 is 0 Å². The predicted molar refractivity (Wildman–Crippen MR) is 109 cm³/mol. The van der Waals surface area contributed by atoms with E-state index in [1.165, 1.54) is 17.0 Å². The largest absolute Gasteiger partial charge is 0.460 e. The summed E-state index contributed by atoms with van der Waals surface area (Å²) >= 11 is 0. The molecule has 0 aromatic heterocycles. The van der Waals surface area contributed by atoms with Crippen LogP contribution in [0, 0.1) is 17.1 Å². The van der Waals surface area contributed by atoms with Gasteiger partial charge in [0.05, 0.1) is 29.9 Å². The minimum Gasteiger partial charge on any atom is -0.460 e. The van der Waals surface area contributed by atoms with Crippen molar-refractivity contribution in [2.45, 2.75) is 45.8 Å². The molecule has 2 aromatic rings. The number of rotatable bonds is 5. The number of carbonyl (C=O) groups is 2. The number of esters is 1. The number of amides is 1. The number of allylic oxidation sites excluding steroid dienone is 1. The minimum absolute atomic E-state index is 0.0119. The zero-order valence-corrected chi connectivity index (χ0v) is 17.2. The van der Waals surface area contributed by atoms with Gasteiger partial charge in [0, 0.05) is 18.0 Å². The Morgan fingerprint density at radius 1 is 1.27 bits per heavy atom. The number of nitrogens with zero attached hydrogens (tertiary/aromatic N) is 2. The van der Waals surface area contributed by atoms with Crippen LogP contribution in [0.2, 0.25) is 0 Å². The molecule has 1 atom stereocenters. The Labute approximate surface area is 175 Å². The van der Waals surface area contributed by atoms with Gasteiger partial charge in [-0.1, -0.05) is 30.3 Å². The molecule has 0 bridgehead atoms. The Morgan fingerprint density at radius 2 is 2.00 bits per heavy atom. The lowest BCUT2D eigenvalue weighted by Crippen LogP contribution is -2.38. The highest BCUT2D eigenvalue weighted by molar-refractivity contribution is 5.96. The second-order valence-corrected chi connectivity index (χ2v) is 7.51. The second kappa shape index (κ2) is 8.91. The molecule has 0 aliphatic carbocycles. The van der Waals surface area contributed by atoms with Crippen molar-refractivity contribution >= 4 is 11.9 Å². The molecular weight excluding hydrogens is 383 g/mol. The van der Waals surface area contributed by atoms with Crippen LogP contribution in [-0.2, 0) is 20.9 Å². The van der Waals surface area contributed by atoms with Gasteiger partial charge < -0.3 is 9.64 Å². The highest BCUT2D eigenvalue weighted by Gasteiger charge is 2.37. The first-order chi connectivity index (χ1) is 14.3. The molecule has 6 heteroatoms. The van der Waals surface area contributed by atoms with E-state index in [-0.39, 0.29) is 25.0 Å². The smallest absolute Gasteiger partial charge is 0.336 e. The molecule has 1 amide bonds. The summed E-state index contributed by atoms with van der Waals surface area (Å²) in [7, 11) is 0. The molecule has 0 saturated carbocycles. The number of benzene rings is 2. The first kappa shape index (κ1) is 21.3. The first-order valence-electron chi connectivity index (χ1n) is 9.77. The van der Waals surface area contributed by atoms with Gasteiger partial charge in [0.25, 0.3) is 0 Å². The van der Waals surface area contributed by atoms with Crippen LogP contribution in [0.3, 0.4) is 0 Å². The molecule has 154 valence electrons. The quantitative estimate of drug-likeness (QED) is 0.689. The van der Waals surface area contributed by atoms with E-state index in [0.717, 1.165) is 0 Å². The van der Waals surface area contributed by atoms with Gasteiger partial charge in [-0.05, 0) is 50.1 Å². The normalized spacial score (nSPS) is 16.6. The topological polar surface area (TPSA) is 70.4 Å². The number of hydrogen-bond acceptors (Lipinski definition) is 4. The monoisotopic (exact) mass is 406 g/mol. The van der Waals surface area contributed by atoms with Gasteiger partial charge >= 0.3 is 5.97 Å². The number of hydrogen-bond donors (Lipinski definition) is 0. The van der Waals surface area contributed by atoms with Crippen molar-refractivity contribution in [3.05, 3.63) is 82.3 Å². The lowest BCUT2D eigenvalue weighted by molar-refractivity contribution is -0.143. The summed E-state index contributed by atoms with van der Waals surface area (Å²) in [5.74, 6) is -1.75. The molecule has 1 aliphatic heterocycles. The molecule has 1 heterocycles. The van der Waals surface area contributed by atoms with Crippen molar-refractivity contribution in [1.82, 2.24) is 4.90 Å². The van der Waals surface area contributed by atoms with Crippen LogP contribution in [0.15, 0.2) is 59.8 Å².